The van der Waals surface area contributed by atoms with E-state index in [4.69, 9.17) is 11.6 Å². The molecule has 0 spiro atoms. The van der Waals surface area contributed by atoms with E-state index < -0.39 is 5.97 Å². The van der Waals surface area contributed by atoms with Gasteiger partial charge in [0.2, 0.25) is 0 Å². The highest BCUT2D eigenvalue weighted by Gasteiger charge is 2.15. The van der Waals surface area contributed by atoms with Gasteiger partial charge in [0.25, 0.3) is 0 Å². The minimum atomic E-state index is -0.682. The number of aliphatic carboxylic acids is 1. The molecule has 4 heteroatoms. The zero-order chi connectivity index (χ0) is 20.7. The van der Waals surface area contributed by atoms with Crippen LogP contribution in [0.25, 0.3) is 0 Å². The molecule has 0 radical (unpaired) electrons. The Morgan fingerprint density at radius 1 is 1.07 bits per heavy atom. The summed E-state index contributed by atoms with van der Waals surface area (Å²) in [6.07, 6.45) is 4.19. The minimum Gasteiger partial charge on any atom is -0.481 e. The topological polar surface area (TPSA) is 49.3 Å². The summed E-state index contributed by atoms with van der Waals surface area (Å²) in [5, 5.41) is 13.7. The first kappa shape index (κ1) is 22.3. The molecule has 2 aromatic carbocycles. The quantitative estimate of drug-likeness (QED) is 0.452. The molecule has 2 aromatic rings. The van der Waals surface area contributed by atoms with Gasteiger partial charge in [-0.3, -0.25) is 4.79 Å². The number of carboxylic acid groups (broad SMARTS) is 1. The molecule has 2 unspecified atom stereocenters. The van der Waals surface area contributed by atoms with Crippen molar-refractivity contribution < 1.29 is 9.90 Å². The molecule has 2 rings (SSSR count). The van der Waals surface area contributed by atoms with Crippen LogP contribution in [0.2, 0.25) is 5.02 Å². The Hall–Kier alpha value is -2.00. The van der Waals surface area contributed by atoms with Crippen LogP contribution in [0.5, 0.6) is 0 Å². The van der Waals surface area contributed by atoms with Gasteiger partial charge < -0.3 is 10.4 Å². The van der Waals surface area contributed by atoms with Crippen LogP contribution in [0.4, 0.5) is 5.69 Å². The Bertz CT molecular complexity index is 803. The van der Waals surface area contributed by atoms with Gasteiger partial charge in [-0.25, -0.2) is 0 Å². The number of carboxylic acids is 1. The molecule has 0 aromatic heterocycles. The van der Waals surface area contributed by atoms with Crippen LogP contribution < -0.4 is 5.32 Å². The summed E-state index contributed by atoms with van der Waals surface area (Å²) in [6, 6.07) is 12.9. The Kier molecular flexibility index (Phi) is 8.37. The van der Waals surface area contributed by atoms with Crippen LogP contribution in [0.15, 0.2) is 36.4 Å². The zero-order valence-electron chi connectivity index (χ0n) is 17.4. The molecule has 28 heavy (non-hydrogen) atoms. The summed E-state index contributed by atoms with van der Waals surface area (Å²) in [4.78, 5) is 11.2. The van der Waals surface area contributed by atoms with Crippen molar-refractivity contribution in [3.05, 3.63) is 63.7 Å². The smallest absolute Gasteiger partial charge is 0.306 e. The molecule has 0 aliphatic carbocycles. The van der Waals surface area contributed by atoms with E-state index >= 15 is 0 Å². The first-order valence-electron chi connectivity index (χ1n) is 10.2. The highest BCUT2D eigenvalue weighted by Crippen LogP contribution is 2.27. The predicted octanol–water partition coefficient (Wildman–Crippen LogP) is 6.95. The fourth-order valence-corrected chi connectivity index (χ4v) is 3.70. The molecular weight excluding hydrogens is 370 g/mol. The lowest BCUT2D eigenvalue weighted by molar-refractivity contribution is -0.142. The highest BCUT2D eigenvalue weighted by molar-refractivity contribution is 6.31. The zero-order valence-corrected chi connectivity index (χ0v) is 18.1. The molecule has 0 amide bonds. The minimum absolute atomic E-state index is 0.225. The van der Waals surface area contributed by atoms with E-state index in [1.807, 2.05) is 19.9 Å². The van der Waals surface area contributed by atoms with Crippen molar-refractivity contribution in [2.45, 2.75) is 65.8 Å². The Morgan fingerprint density at radius 3 is 2.43 bits per heavy atom. The average Bonchev–Trinajstić information content (AvgIpc) is 2.67. The van der Waals surface area contributed by atoms with Crippen molar-refractivity contribution in [2.75, 3.05) is 5.32 Å². The van der Waals surface area contributed by atoms with E-state index in [2.05, 4.69) is 49.5 Å². The van der Waals surface area contributed by atoms with E-state index in [1.54, 1.807) is 0 Å². The molecule has 152 valence electrons. The highest BCUT2D eigenvalue weighted by atomic mass is 35.5. The van der Waals surface area contributed by atoms with Crippen molar-refractivity contribution in [2.24, 2.45) is 5.92 Å². The molecule has 3 nitrogen and oxygen atoms in total. The standard InChI is InChI=1S/C24H32ClNO2/c1-5-18(24(27)28)8-7-9-19-15-21(12-10-16(19)3)26-23(6-2)20-11-13-22(25)17(4)14-20/h10-15,18,23,26H,5-9H2,1-4H3,(H,27,28). The second kappa shape index (κ2) is 10.5. The molecule has 2 atom stereocenters. The van der Waals surface area contributed by atoms with Gasteiger partial charge in [-0.2, -0.15) is 0 Å². The van der Waals surface area contributed by atoms with Crippen molar-refractivity contribution in [3.8, 4) is 0 Å². The Morgan fingerprint density at radius 2 is 1.82 bits per heavy atom. The van der Waals surface area contributed by atoms with Gasteiger partial charge in [0.1, 0.15) is 0 Å². The SMILES string of the molecule is CCC(CCCc1cc(NC(CC)c2ccc(Cl)c(C)c2)ccc1C)C(=O)O. The Labute approximate surface area is 174 Å². The third-order valence-corrected chi connectivity index (χ3v) is 5.95. The maximum absolute atomic E-state index is 11.2. The van der Waals surface area contributed by atoms with Gasteiger partial charge in [0.05, 0.1) is 12.0 Å². The van der Waals surface area contributed by atoms with Gasteiger partial charge in [-0.15, -0.1) is 0 Å². The number of carbonyl (C=O) groups is 1. The van der Waals surface area contributed by atoms with Crippen molar-refractivity contribution in [3.63, 3.8) is 0 Å². The first-order chi connectivity index (χ1) is 13.3. The van der Waals surface area contributed by atoms with Gasteiger partial charge in [0.15, 0.2) is 0 Å². The summed E-state index contributed by atoms with van der Waals surface area (Å²) in [5.41, 5.74) is 5.97. The number of nitrogens with one attached hydrogen (secondary N) is 1. The number of halogens is 1. The van der Waals surface area contributed by atoms with Crippen molar-refractivity contribution >= 4 is 23.3 Å². The third-order valence-electron chi connectivity index (χ3n) is 5.52. The van der Waals surface area contributed by atoms with Crippen LogP contribution in [0.3, 0.4) is 0 Å². The summed E-state index contributed by atoms with van der Waals surface area (Å²) < 4.78 is 0. The van der Waals surface area contributed by atoms with E-state index in [-0.39, 0.29) is 12.0 Å². The summed E-state index contributed by atoms with van der Waals surface area (Å²) >= 11 is 6.17. The monoisotopic (exact) mass is 401 g/mol. The normalized spacial score (nSPS) is 13.2. The number of anilines is 1. The lowest BCUT2D eigenvalue weighted by Gasteiger charge is -2.21. The van der Waals surface area contributed by atoms with Crippen LogP contribution in [0.1, 0.15) is 67.8 Å². The number of rotatable bonds is 10. The van der Waals surface area contributed by atoms with Crippen LogP contribution in [-0.4, -0.2) is 11.1 Å². The molecule has 0 bridgehead atoms. The molecule has 0 saturated carbocycles. The van der Waals surface area contributed by atoms with Crippen LogP contribution >= 0.6 is 11.6 Å². The Balaban J connectivity index is 2.08. The average molecular weight is 402 g/mol. The summed E-state index contributed by atoms with van der Waals surface area (Å²) in [6.45, 7) is 8.27. The van der Waals surface area contributed by atoms with E-state index in [0.717, 1.165) is 42.0 Å². The second-order valence-corrected chi connectivity index (χ2v) is 8.00. The molecule has 2 N–H and O–H groups in total. The first-order valence-corrected chi connectivity index (χ1v) is 10.6. The van der Waals surface area contributed by atoms with Gasteiger partial charge in [-0.05, 0) is 86.4 Å². The number of hydrogen-bond donors (Lipinski definition) is 2. The van der Waals surface area contributed by atoms with Crippen LogP contribution in [-0.2, 0) is 11.2 Å². The van der Waals surface area contributed by atoms with Crippen LogP contribution in [0, 0.1) is 19.8 Å². The molecule has 0 aliphatic heterocycles. The number of aryl methyl sites for hydroxylation is 3. The predicted molar refractivity (Wildman–Crippen MR) is 118 cm³/mol. The van der Waals surface area contributed by atoms with Crippen molar-refractivity contribution in [1.82, 2.24) is 0 Å². The maximum atomic E-state index is 11.2. The van der Waals surface area contributed by atoms with E-state index in [9.17, 15) is 9.90 Å². The molecular formula is C24H32ClNO2. The largest absolute Gasteiger partial charge is 0.481 e. The summed E-state index contributed by atoms with van der Waals surface area (Å²) in [7, 11) is 0. The molecule has 0 heterocycles. The summed E-state index contributed by atoms with van der Waals surface area (Å²) in [5.74, 6) is -0.919. The van der Waals surface area contributed by atoms with Gasteiger partial charge in [-0.1, -0.05) is 43.6 Å². The number of hydrogen-bond acceptors (Lipinski definition) is 2. The van der Waals surface area contributed by atoms with E-state index in [1.165, 1.54) is 16.7 Å². The molecule has 0 fully saturated rings. The second-order valence-electron chi connectivity index (χ2n) is 7.59. The lowest BCUT2D eigenvalue weighted by Crippen LogP contribution is -2.13. The maximum Gasteiger partial charge on any atom is 0.306 e. The van der Waals surface area contributed by atoms with Gasteiger partial charge >= 0.3 is 5.97 Å². The van der Waals surface area contributed by atoms with Gasteiger partial charge in [0, 0.05) is 10.7 Å². The lowest BCUT2D eigenvalue weighted by atomic mass is 9.95. The fraction of sp³-hybridized carbons (Fsp3) is 0.458. The van der Waals surface area contributed by atoms with Crippen molar-refractivity contribution in [1.29, 1.82) is 0 Å². The molecule has 0 aliphatic rings. The number of benzene rings is 2. The fourth-order valence-electron chi connectivity index (χ4n) is 3.58. The van der Waals surface area contributed by atoms with E-state index in [0.29, 0.717) is 6.42 Å². The third kappa shape index (κ3) is 6.00. The molecule has 0 saturated heterocycles.